The fourth-order valence-electron chi connectivity index (χ4n) is 6.13. The van der Waals surface area contributed by atoms with Gasteiger partial charge in [-0.05, 0) is 95.5 Å². The molecule has 3 aromatic rings. The first-order valence-corrected chi connectivity index (χ1v) is 13.5. The van der Waals surface area contributed by atoms with Gasteiger partial charge in [-0.1, -0.05) is 57.9 Å². The molecular formula is C33H39FO4. The second-order valence-electron chi connectivity index (χ2n) is 11.9. The van der Waals surface area contributed by atoms with Crippen LogP contribution < -0.4 is 4.74 Å². The SMILES string of the molecule is COc1ccc(F)c(-c2ccc(-c3c(O)ccc(C(CC(=O)O)C4CCCC4)c3C)cc2CC(C)(C)C)c1. The Bertz CT molecular complexity index is 1320. The zero-order valence-electron chi connectivity index (χ0n) is 23.1. The van der Waals surface area contributed by atoms with Gasteiger partial charge in [0.05, 0.1) is 13.5 Å². The lowest BCUT2D eigenvalue weighted by molar-refractivity contribution is -0.137. The van der Waals surface area contributed by atoms with Crippen molar-refractivity contribution in [3.63, 3.8) is 0 Å². The molecular weight excluding hydrogens is 479 g/mol. The molecule has 1 fully saturated rings. The number of halogens is 1. The third kappa shape index (κ3) is 6.03. The largest absolute Gasteiger partial charge is 0.507 e. The standard InChI is InChI=1S/C33H39FO4/c1-20-25(27(18-31(36)37)21-8-6-7-9-21)13-15-30(35)32(20)22-10-12-26(23(16-22)19-33(2,3)4)28-17-24(38-5)11-14-29(28)34/h10-17,21,27,35H,6-9,18-19H2,1-5H3,(H,36,37). The first kappa shape index (κ1) is 27.7. The third-order valence-electron chi connectivity index (χ3n) is 7.83. The Labute approximate surface area is 225 Å². The van der Waals surface area contributed by atoms with Crippen molar-refractivity contribution in [3.05, 3.63) is 71.0 Å². The zero-order chi connectivity index (χ0) is 27.6. The van der Waals surface area contributed by atoms with Gasteiger partial charge in [-0.25, -0.2) is 4.39 Å². The molecule has 38 heavy (non-hydrogen) atoms. The number of carbonyl (C=O) groups is 1. The molecule has 0 bridgehead atoms. The number of hydrogen-bond donors (Lipinski definition) is 2. The van der Waals surface area contributed by atoms with Gasteiger partial charge in [0, 0.05) is 11.1 Å². The summed E-state index contributed by atoms with van der Waals surface area (Å²) in [5, 5.41) is 20.7. The van der Waals surface area contributed by atoms with E-state index >= 15 is 4.39 Å². The van der Waals surface area contributed by atoms with Gasteiger partial charge in [-0.15, -0.1) is 0 Å². The molecule has 1 atom stereocenters. The first-order chi connectivity index (χ1) is 18.0. The fourth-order valence-corrected chi connectivity index (χ4v) is 6.13. The normalized spacial score (nSPS) is 15.0. The zero-order valence-corrected chi connectivity index (χ0v) is 23.1. The predicted molar refractivity (Wildman–Crippen MR) is 150 cm³/mol. The molecule has 1 aliphatic rings. The summed E-state index contributed by atoms with van der Waals surface area (Å²) in [7, 11) is 1.57. The van der Waals surface area contributed by atoms with Crippen LogP contribution in [-0.2, 0) is 11.2 Å². The van der Waals surface area contributed by atoms with Crippen LogP contribution in [0.1, 0.15) is 75.5 Å². The van der Waals surface area contributed by atoms with Gasteiger partial charge >= 0.3 is 5.97 Å². The van der Waals surface area contributed by atoms with Crippen molar-refractivity contribution in [1.29, 1.82) is 0 Å². The van der Waals surface area contributed by atoms with Gasteiger partial charge in [0.25, 0.3) is 0 Å². The molecule has 0 amide bonds. The van der Waals surface area contributed by atoms with E-state index < -0.39 is 5.97 Å². The molecule has 1 saturated carbocycles. The molecule has 4 nitrogen and oxygen atoms in total. The summed E-state index contributed by atoms with van der Waals surface area (Å²) in [5.74, 6) is -0.125. The van der Waals surface area contributed by atoms with E-state index in [0.29, 0.717) is 29.2 Å². The summed E-state index contributed by atoms with van der Waals surface area (Å²) in [6, 6.07) is 14.2. The third-order valence-corrected chi connectivity index (χ3v) is 7.83. The molecule has 1 aliphatic carbocycles. The highest BCUT2D eigenvalue weighted by Gasteiger charge is 2.30. The Morgan fingerprint density at radius 2 is 1.76 bits per heavy atom. The summed E-state index contributed by atoms with van der Waals surface area (Å²) >= 11 is 0. The molecule has 202 valence electrons. The van der Waals surface area contributed by atoms with Crippen molar-refractivity contribution >= 4 is 5.97 Å². The molecule has 4 rings (SSSR count). The van der Waals surface area contributed by atoms with E-state index in [-0.39, 0.29) is 29.3 Å². The lowest BCUT2D eigenvalue weighted by atomic mass is 9.78. The van der Waals surface area contributed by atoms with Crippen LogP contribution in [0.3, 0.4) is 0 Å². The monoisotopic (exact) mass is 518 g/mol. The van der Waals surface area contributed by atoms with Crippen LogP contribution in [0.2, 0.25) is 0 Å². The number of phenols is 1. The Kier molecular flexibility index (Phi) is 8.15. The van der Waals surface area contributed by atoms with Crippen LogP contribution in [0.15, 0.2) is 48.5 Å². The second-order valence-corrected chi connectivity index (χ2v) is 11.9. The maximum absolute atomic E-state index is 15.0. The lowest BCUT2D eigenvalue weighted by Gasteiger charge is -2.26. The lowest BCUT2D eigenvalue weighted by Crippen LogP contribution is -2.16. The molecule has 2 N–H and O–H groups in total. The Balaban J connectivity index is 1.86. The smallest absolute Gasteiger partial charge is 0.303 e. The van der Waals surface area contributed by atoms with Crippen molar-refractivity contribution in [2.45, 2.75) is 72.1 Å². The quantitative estimate of drug-likeness (QED) is 0.314. The Morgan fingerprint density at radius 3 is 2.39 bits per heavy atom. The minimum absolute atomic E-state index is 0.0588. The molecule has 0 aliphatic heterocycles. The van der Waals surface area contributed by atoms with Gasteiger partial charge in [-0.2, -0.15) is 0 Å². The summed E-state index contributed by atoms with van der Waals surface area (Å²) in [4.78, 5) is 11.8. The van der Waals surface area contributed by atoms with E-state index in [9.17, 15) is 15.0 Å². The maximum Gasteiger partial charge on any atom is 0.303 e. The summed E-state index contributed by atoms with van der Waals surface area (Å²) in [6.07, 6.45) is 5.11. The number of carboxylic acid groups (broad SMARTS) is 1. The highest BCUT2D eigenvalue weighted by atomic mass is 19.1. The maximum atomic E-state index is 15.0. The molecule has 0 aromatic heterocycles. The molecule has 1 unspecified atom stereocenters. The van der Waals surface area contributed by atoms with Crippen molar-refractivity contribution in [2.75, 3.05) is 7.11 Å². The van der Waals surface area contributed by atoms with Crippen LogP contribution in [0.25, 0.3) is 22.3 Å². The number of aliphatic carboxylic acids is 1. The van der Waals surface area contributed by atoms with Gasteiger partial charge in [0.2, 0.25) is 0 Å². The number of ether oxygens (including phenoxy) is 1. The Hall–Kier alpha value is -3.34. The van der Waals surface area contributed by atoms with E-state index in [1.165, 1.54) is 6.07 Å². The average molecular weight is 519 g/mol. The van der Waals surface area contributed by atoms with Gasteiger partial charge < -0.3 is 14.9 Å². The van der Waals surface area contributed by atoms with Crippen molar-refractivity contribution in [1.82, 2.24) is 0 Å². The van der Waals surface area contributed by atoms with Crippen LogP contribution in [0, 0.1) is 24.1 Å². The molecule has 5 heteroatoms. The molecule has 0 spiro atoms. The second kappa shape index (κ2) is 11.2. The van der Waals surface area contributed by atoms with E-state index in [0.717, 1.165) is 53.5 Å². The first-order valence-electron chi connectivity index (χ1n) is 13.5. The Morgan fingerprint density at radius 1 is 1.05 bits per heavy atom. The van der Waals surface area contributed by atoms with Crippen LogP contribution in [0.5, 0.6) is 11.5 Å². The van der Waals surface area contributed by atoms with Crippen molar-refractivity contribution in [3.8, 4) is 33.8 Å². The predicted octanol–water partition coefficient (Wildman–Crippen LogP) is 8.52. The van der Waals surface area contributed by atoms with Gasteiger partial charge in [0.15, 0.2) is 0 Å². The minimum Gasteiger partial charge on any atom is -0.507 e. The number of hydrogen-bond acceptors (Lipinski definition) is 3. The average Bonchev–Trinajstić information content (AvgIpc) is 3.37. The molecule has 0 heterocycles. The number of methoxy groups -OCH3 is 1. The highest BCUT2D eigenvalue weighted by molar-refractivity contribution is 5.80. The minimum atomic E-state index is -0.798. The number of phenolic OH excluding ortho intramolecular Hbond substituents is 1. The summed E-state index contributed by atoms with van der Waals surface area (Å²) < 4.78 is 20.4. The topological polar surface area (TPSA) is 66.8 Å². The van der Waals surface area contributed by atoms with Gasteiger partial charge in [-0.3, -0.25) is 4.79 Å². The van der Waals surface area contributed by atoms with Crippen molar-refractivity contribution in [2.24, 2.45) is 11.3 Å². The van der Waals surface area contributed by atoms with E-state index in [1.54, 1.807) is 25.3 Å². The molecule has 0 saturated heterocycles. The highest BCUT2D eigenvalue weighted by Crippen LogP contribution is 2.45. The number of rotatable bonds is 8. The number of carboxylic acids is 1. The fraction of sp³-hybridized carbons (Fsp3) is 0.424. The van der Waals surface area contributed by atoms with Crippen LogP contribution >= 0.6 is 0 Å². The molecule has 3 aromatic carbocycles. The van der Waals surface area contributed by atoms with Crippen LogP contribution in [-0.4, -0.2) is 23.3 Å². The van der Waals surface area contributed by atoms with Crippen LogP contribution in [0.4, 0.5) is 4.39 Å². The van der Waals surface area contributed by atoms with E-state index in [2.05, 4.69) is 20.8 Å². The molecule has 0 radical (unpaired) electrons. The van der Waals surface area contributed by atoms with Crippen molar-refractivity contribution < 1.29 is 24.1 Å². The van der Waals surface area contributed by atoms with E-state index in [4.69, 9.17) is 4.74 Å². The van der Waals surface area contributed by atoms with Gasteiger partial charge in [0.1, 0.15) is 17.3 Å². The summed E-state index contributed by atoms with van der Waals surface area (Å²) in [6.45, 7) is 8.42. The van der Waals surface area contributed by atoms with E-state index in [1.807, 2.05) is 31.2 Å². The number of aromatic hydroxyl groups is 1. The summed E-state index contributed by atoms with van der Waals surface area (Å²) in [5.41, 5.74) is 5.64. The number of benzene rings is 3.